The lowest BCUT2D eigenvalue weighted by Crippen LogP contribution is -2.44. The highest BCUT2D eigenvalue weighted by atomic mass is 16.5. The second kappa shape index (κ2) is 18.9. The molecule has 1 saturated heterocycles. The second-order valence-corrected chi connectivity index (χ2v) is 13.9. The van der Waals surface area contributed by atoms with Crippen molar-refractivity contribution in [3.05, 3.63) is 113 Å². The van der Waals surface area contributed by atoms with E-state index >= 15 is 0 Å². The number of likely N-dealkylation sites (tertiary alicyclic amines) is 1. The van der Waals surface area contributed by atoms with E-state index < -0.39 is 24.7 Å². The van der Waals surface area contributed by atoms with Gasteiger partial charge in [-0.05, 0) is 74.2 Å². The zero-order chi connectivity index (χ0) is 39.5. The van der Waals surface area contributed by atoms with Gasteiger partial charge >= 0.3 is 0 Å². The van der Waals surface area contributed by atoms with Crippen LogP contribution in [0.3, 0.4) is 0 Å². The molecular formula is C43H51N3O9. The van der Waals surface area contributed by atoms with Gasteiger partial charge in [-0.25, -0.2) is 0 Å². The molecule has 0 aromatic heterocycles. The molecule has 12 nitrogen and oxygen atoms in total. The number of hydrogen-bond acceptors (Lipinski definition) is 11. The molecular weight excluding hydrogens is 702 g/mol. The topological polar surface area (TPSA) is 158 Å². The Balaban J connectivity index is 0.000000214. The van der Waals surface area contributed by atoms with Crippen molar-refractivity contribution in [2.75, 3.05) is 45.3 Å². The molecule has 0 bridgehead atoms. The summed E-state index contributed by atoms with van der Waals surface area (Å²) in [7, 11) is 1.53. The van der Waals surface area contributed by atoms with Crippen molar-refractivity contribution in [2.24, 2.45) is 0 Å². The zero-order valence-corrected chi connectivity index (χ0v) is 31.9. The first kappa shape index (κ1) is 40.9. The molecule has 292 valence electrons. The highest BCUT2D eigenvalue weighted by Crippen LogP contribution is 2.38. The summed E-state index contributed by atoms with van der Waals surface area (Å²) in [5.74, 6) is 1.92. The Hall–Kier alpha value is -5.27. The number of carbonyl (C=O) groups is 3. The number of rotatable bonds is 14. The van der Waals surface area contributed by atoms with E-state index in [2.05, 4.69) is 10.2 Å². The average Bonchev–Trinajstić information content (AvgIpc) is 3.38. The van der Waals surface area contributed by atoms with E-state index in [1.165, 1.54) is 12.0 Å². The predicted molar refractivity (Wildman–Crippen MR) is 208 cm³/mol. The summed E-state index contributed by atoms with van der Waals surface area (Å²) in [5.41, 5.74) is 4.09. The van der Waals surface area contributed by atoms with Gasteiger partial charge in [0.25, 0.3) is 0 Å². The number of fused-ring (bicyclic) bond motifs is 1. The number of Topliss-reactive ketones (excluding diaryl/α,β-unsaturated/α-hetero) is 2. The lowest BCUT2D eigenvalue weighted by atomic mass is 9.81. The number of carbonyl (C=O) groups excluding carboxylic acids is 3. The summed E-state index contributed by atoms with van der Waals surface area (Å²) in [6, 6.07) is 27.7. The first-order valence-electron chi connectivity index (χ1n) is 18.4. The van der Waals surface area contributed by atoms with E-state index in [1.807, 2.05) is 74.5 Å². The largest absolute Gasteiger partial charge is 0.496 e. The Morgan fingerprint density at radius 2 is 1.51 bits per heavy atom. The third-order valence-corrected chi connectivity index (χ3v) is 10.4. The van der Waals surface area contributed by atoms with Crippen LogP contribution in [0.5, 0.6) is 23.0 Å². The molecule has 4 aromatic carbocycles. The Kier molecular flexibility index (Phi) is 14.0. The number of anilines is 1. The van der Waals surface area contributed by atoms with Gasteiger partial charge in [0.1, 0.15) is 42.8 Å². The number of nitrogens with zero attached hydrogens (tertiary/aromatic N) is 2. The molecule has 0 unspecified atom stereocenters. The van der Waals surface area contributed by atoms with E-state index in [-0.39, 0.29) is 30.1 Å². The number of hydrogen-bond donors (Lipinski definition) is 4. The third kappa shape index (κ3) is 9.89. The Morgan fingerprint density at radius 3 is 2.18 bits per heavy atom. The lowest BCUT2D eigenvalue weighted by molar-refractivity contribution is -0.139. The van der Waals surface area contributed by atoms with Crippen LogP contribution in [0.25, 0.3) is 0 Å². The van der Waals surface area contributed by atoms with Crippen LogP contribution in [0.15, 0.2) is 91.0 Å². The van der Waals surface area contributed by atoms with Crippen molar-refractivity contribution in [3.63, 3.8) is 0 Å². The number of aliphatic hydroxyl groups excluding tert-OH is 3. The highest BCUT2D eigenvalue weighted by Gasteiger charge is 2.46. The first-order chi connectivity index (χ1) is 26.5. The van der Waals surface area contributed by atoms with Crippen molar-refractivity contribution in [2.45, 2.75) is 64.4 Å². The Labute approximate surface area is 322 Å². The predicted octanol–water partition coefficient (Wildman–Crippen LogP) is 4.86. The molecule has 2 aliphatic rings. The second-order valence-electron chi connectivity index (χ2n) is 13.9. The minimum Gasteiger partial charge on any atom is -0.496 e. The van der Waals surface area contributed by atoms with Crippen molar-refractivity contribution >= 4 is 23.2 Å². The fourth-order valence-corrected chi connectivity index (χ4v) is 6.75. The van der Waals surface area contributed by atoms with E-state index in [0.29, 0.717) is 48.9 Å². The van der Waals surface area contributed by atoms with Gasteiger partial charge in [0.15, 0.2) is 11.6 Å². The molecule has 4 aromatic rings. The molecule has 0 saturated carbocycles. The van der Waals surface area contributed by atoms with Gasteiger partial charge in [0.05, 0.1) is 31.2 Å². The zero-order valence-electron chi connectivity index (χ0n) is 31.9. The SMILES string of the molecule is COc1cc(Oc2ccc([C@]3(C)CCN([C@H](C)C(=O)CO)C3=O)cc2)ccc1CO.C[C@H](C(=O)CO)N1CCNc2cc(OCc3ccccc3)ccc2C1. The molecule has 3 atom stereocenters. The van der Waals surface area contributed by atoms with Gasteiger partial charge in [-0.15, -0.1) is 0 Å². The highest BCUT2D eigenvalue weighted by molar-refractivity contribution is 5.95. The van der Waals surface area contributed by atoms with E-state index in [1.54, 1.807) is 37.3 Å². The van der Waals surface area contributed by atoms with E-state index in [0.717, 1.165) is 41.2 Å². The van der Waals surface area contributed by atoms with Gasteiger partial charge < -0.3 is 39.7 Å². The van der Waals surface area contributed by atoms with Crippen molar-refractivity contribution in [1.82, 2.24) is 9.80 Å². The number of methoxy groups -OCH3 is 1. The molecule has 2 aliphatic heterocycles. The van der Waals surface area contributed by atoms with Gasteiger partial charge in [-0.1, -0.05) is 48.5 Å². The standard InChI is InChI=1S/C23H27NO6.C20H24N2O3/c1-15(20(27)14-26)24-11-10-23(2,22(24)28)17-5-8-18(9-6-17)30-19-7-4-16(13-25)21(12-19)29-3;1-15(20(24)13-23)22-10-9-21-19-11-18(8-7-17(19)12-22)25-14-16-5-3-2-4-6-16/h4-9,12,15,25-26H,10-11,13-14H2,1-3H3;2-8,11,15,21,23H,9-10,12-14H2,1H3/t15-,23+;15-/m11/s1. The molecule has 6 rings (SSSR count). The number of ketones is 2. The van der Waals surface area contributed by atoms with Crippen molar-refractivity contribution in [3.8, 4) is 23.0 Å². The average molecular weight is 754 g/mol. The lowest BCUT2D eigenvalue weighted by Gasteiger charge is -2.27. The van der Waals surface area contributed by atoms with Gasteiger partial charge in [0.2, 0.25) is 5.91 Å². The van der Waals surface area contributed by atoms with Gasteiger partial charge in [0, 0.05) is 49.6 Å². The Morgan fingerprint density at radius 1 is 0.836 bits per heavy atom. The fraction of sp³-hybridized carbons (Fsp3) is 0.372. The molecule has 0 radical (unpaired) electrons. The number of ether oxygens (including phenoxy) is 3. The van der Waals surface area contributed by atoms with Gasteiger partial charge in [-0.2, -0.15) is 0 Å². The maximum absolute atomic E-state index is 13.0. The van der Waals surface area contributed by atoms with Crippen LogP contribution < -0.4 is 19.5 Å². The summed E-state index contributed by atoms with van der Waals surface area (Å²) < 4.78 is 17.0. The molecule has 4 N–H and O–H groups in total. The summed E-state index contributed by atoms with van der Waals surface area (Å²) >= 11 is 0. The van der Waals surface area contributed by atoms with Crippen LogP contribution in [0, 0.1) is 0 Å². The smallest absolute Gasteiger partial charge is 0.233 e. The normalized spacial score (nSPS) is 17.8. The van der Waals surface area contributed by atoms with Crippen LogP contribution >= 0.6 is 0 Å². The molecule has 1 fully saturated rings. The molecule has 55 heavy (non-hydrogen) atoms. The molecule has 0 aliphatic carbocycles. The van der Waals surface area contributed by atoms with Crippen LogP contribution in [0.1, 0.15) is 49.4 Å². The van der Waals surface area contributed by atoms with Crippen molar-refractivity contribution in [1.29, 1.82) is 0 Å². The van der Waals surface area contributed by atoms with E-state index in [4.69, 9.17) is 24.4 Å². The maximum Gasteiger partial charge on any atom is 0.233 e. The van der Waals surface area contributed by atoms with Crippen LogP contribution in [0.4, 0.5) is 5.69 Å². The van der Waals surface area contributed by atoms with Gasteiger partial charge in [-0.3, -0.25) is 19.3 Å². The quantitative estimate of drug-likeness (QED) is 0.139. The number of nitrogens with one attached hydrogen (secondary N) is 1. The minimum atomic E-state index is -0.728. The third-order valence-electron chi connectivity index (χ3n) is 10.4. The first-order valence-corrected chi connectivity index (χ1v) is 18.4. The summed E-state index contributed by atoms with van der Waals surface area (Å²) in [6.07, 6.45) is 0.592. The van der Waals surface area contributed by atoms with E-state index in [9.17, 15) is 19.5 Å². The minimum absolute atomic E-state index is 0.116. The molecule has 12 heteroatoms. The number of amides is 1. The fourth-order valence-electron chi connectivity index (χ4n) is 6.75. The monoisotopic (exact) mass is 753 g/mol. The van der Waals surface area contributed by atoms with Crippen LogP contribution in [0.2, 0.25) is 0 Å². The molecule has 2 heterocycles. The summed E-state index contributed by atoms with van der Waals surface area (Å²) in [6.45, 7) is 7.45. The number of benzene rings is 4. The molecule has 1 amide bonds. The van der Waals surface area contributed by atoms with Crippen LogP contribution in [-0.4, -0.2) is 94.6 Å². The maximum atomic E-state index is 13.0. The summed E-state index contributed by atoms with van der Waals surface area (Å²) in [5, 5.41) is 30.9. The molecule has 0 spiro atoms. The number of aliphatic hydroxyl groups is 3. The summed E-state index contributed by atoms with van der Waals surface area (Å²) in [4.78, 5) is 40.2. The Bertz CT molecular complexity index is 1920. The van der Waals surface area contributed by atoms with Crippen LogP contribution in [-0.2, 0) is 39.6 Å². The van der Waals surface area contributed by atoms with Crippen molar-refractivity contribution < 1.29 is 43.9 Å².